The van der Waals surface area contributed by atoms with Crippen molar-refractivity contribution in [2.24, 2.45) is 0 Å². The Morgan fingerprint density at radius 3 is 3.05 bits per heavy atom. The van der Waals surface area contributed by atoms with Crippen LogP contribution in [0.25, 0.3) is 0 Å². The summed E-state index contributed by atoms with van der Waals surface area (Å²) in [6.07, 6.45) is 3.35. The van der Waals surface area contributed by atoms with E-state index in [0.717, 1.165) is 31.1 Å². The van der Waals surface area contributed by atoms with Gasteiger partial charge in [0.25, 0.3) is 5.91 Å². The lowest BCUT2D eigenvalue weighted by molar-refractivity contribution is 0.102. The molecule has 2 N–H and O–H groups in total. The molecule has 2 aliphatic rings. The number of aryl methyl sites for hydroxylation is 2. The van der Waals surface area contributed by atoms with Crippen molar-refractivity contribution in [1.29, 1.82) is 0 Å². The van der Waals surface area contributed by atoms with Crippen LogP contribution >= 0.6 is 11.3 Å². The summed E-state index contributed by atoms with van der Waals surface area (Å²) in [6, 6.07) is 5.90. The quantitative estimate of drug-likeness (QED) is 0.891. The summed E-state index contributed by atoms with van der Waals surface area (Å²) in [5, 5.41) is 6.95. The number of rotatable bonds is 2. The molecule has 0 bridgehead atoms. The van der Waals surface area contributed by atoms with E-state index in [9.17, 15) is 4.79 Å². The molecule has 4 nitrogen and oxygen atoms in total. The van der Waals surface area contributed by atoms with E-state index in [1.54, 1.807) is 11.3 Å². The fraction of sp³-hybridized carbons (Fsp3) is 0.333. The van der Waals surface area contributed by atoms with Crippen LogP contribution in [0.2, 0.25) is 0 Å². The Hall–Kier alpha value is -1.72. The normalized spacial score (nSPS) is 16.0. The first-order valence-electron chi connectivity index (χ1n) is 6.92. The van der Waals surface area contributed by atoms with Gasteiger partial charge in [0, 0.05) is 23.5 Å². The number of aromatic nitrogens is 1. The molecule has 2 heterocycles. The molecule has 0 radical (unpaired) electrons. The van der Waals surface area contributed by atoms with Crippen LogP contribution < -0.4 is 10.6 Å². The molecule has 0 saturated carbocycles. The van der Waals surface area contributed by atoms with Crippen molar-refractivity contribution in [3.8, 4) is 0 Å². The van der Waals surface area contributed by atoms with E-state index in [1.165, 1.54) is 28.1 Å². The molecule has 0 fully saturated rings. The van der Waals surface area contributed by atoms with Gasteiger partial charge < -0.3 is 5.32 Å². The van der Waals surface area contributed by atoms with Crippen molar-refractivity contribution in [1.82, 2.24) is 10.3 Å². The number of hydrogen-bond acceptors (Lipinski definition) is 4. The van der Waals surface area contributed by atoms with Crippen LogP contribution in [0.5, 0.6) is 0 Å². The second kappa shape index (κ2) is 4.68. The van der Waals surface area contributed by atoms with Crippen LogP contribution in [-0.4, -0.2) is 10.9 Å². The molecule has 5 heteroatoms. The van der Waals surface area contributed by atoms with E-state index in [4.69, 9.17) is 0 Å². The molecular formula is C15H15N3OS. The van der Waals surface area contributed by atoms with Gasteiger partial charge in [-0.05, 0) is 42.5 Å². The molecular weight excluding hydrogens is 270 g/mol. The van der Waals surface area contributed by atoms with E-state index in [1.807, 2.05) is 18.2 Å². The van der Waals surface area contributed by atoms with Crippen molar-refractivity contribution in [2.45, 2.75) is 32.4 Å². The predicted octanol–water partition coefficient (Wildman–Crippen LogP) is 2.49. The number of nitrogens with zero attached hydrogens (tertiary/aromatic N) is 1. The number of hydrogen-bond donors (Lipinski definition) is 2. The van der Waals surface area contributed by atoms with Crippen LogP contribution in [0, 0.1) is 0 Å². The second-order valence-electron chi connectivity index (χ2n) is 5.28. The SMILES string of the molecule is O=C(Nc1nc2c(s1)CCC2)c1ccc2c(c1)CNC2. The van der Waals surface area contributed by atoms with Crippen LogP contribution in [-0.2, 0) is 25.9 Å². The summed E-state index contributed by atoms with van der Waals surface area (Å²) >= 11 is 1.62. The Morgan fingerprint density at radius 2 is 2.15 bits per heavy atom. The fourth-order valence-corrected chi connectivity index (χ4v) is 3.89. The van der Waals surface area contributed by atoms with Gasteiger partial charge in [-0.2, -0.15) is 0 Å². The molecule has 0 saturated heterocycles. The Morgan fingerprint density at radius 1 is 1.25 bits per heavy atom. The fourth-order valence-electron chi connectivity index (χ4n) is 2.85. The lowest BCUT2D eigenvalue weighted by atomic mass is 10.1. The summed E-state index contributed by atoms with van der Waals surface area (Å²) in [6.45, 7) is 1.75. The maximum atomic E-state index is 12.3. The van der Waals surface area contributed by atoms with Gasteiger partial charge in [0.05, 0.1) is 5.69 Å². The first-order valence-corrected chi connectivity index (χ1v) is 7.74. The van der Waals surface area contributed by atoms with Crippen LogP contribution in [0.1, 0.15) is 38.5 Å². The van der Waals surface area contributed by atoms with E-state index >= 15 is 0 Å². The number of fused-ring (bicyclic) bond motifs is 2. The molecule has 102 valence electrons. The summed E-state index contributed by atoms with van der Waals surface area (Å²) in [7, 11) is 0. The lowest BCUT2D eigenvalue weighted by Gasteiger charge is -2.04. The zero-order chi connectivity index (χ0) is 13.5. The minimum Gasteiger partial charge on any atom is -0.309 e. The third-order valence-electron chi connectivity index (χ3n) is 3.92. The van der Waals surface area contributed by atoms with Gasteiger partial charge in [-0.25, -0.2) is 4.98 Å². The summed E-state index contributed by atoms with van der Waals surface area (Å²) in [5.74, 6) is -0.0628. The van der Waals surface area contributed by atoms with Crippen molar-refractivity contribution >= 4 is 22.4 Å². The molecule has 0 spiro atoms. The number of nitrogens with one attached hydrogen (secondary N) is 2. The van der Waals surface area contributed by atoms with Gasteiger partial charge in [-0.15, -0.1) is 11.3 Å². The minimum absolute atomic E-state index is 0.0628. The number of benzene rings is 1. The maximum absolute atomic E-state index is 12.3. The van der Waals surface area contributed by atoms with Gasteiger partial charge >= 0.3 is 0 Å². The molecule has 4 rings (SSSR count). The Kier molecular flexibility index (Phi) is 2.82. The number of anilines is 1. The second-order valence-corrected chi connectivity index (χ2v) is 6.37. The Bertz CT molecular complexity index is 671. The molecule has 1 amide bonds. The summed E-state index contributed by atoms with van der Waals surface area (Å²) in [4.78, 5) is 18.1. The van der Waals surface area contributed by atoms with E-state index in [-0.39, 0.29) is 5.91 Å². The van der Waals surface area contributed by atoms with Gasteiger partial charge in [0.15, 0.2) is 5.13 Å². The van der Waals surface area contributed by atoms with Gasteiger partial charge in [-0.3, -0.25) is 10.1 Å². The monoisotopic (exact) mass is 285 g/mol. The van der Waals surface area contributed by atoms with E-state index in [2.05, 4.69) is 15.6 Å². The summed E-state index contributed by atoms with van der Waals surface area (Å²) in [5.41, 5.74) is 4.39. The molecule has 0 atom stereocenters. The van der Waals surface area contributed by atoms with Gasteiger partial charge in [0.2, 0.25) is 0 Å². The number of carbonyl (C=O) groups excluding carboxylic acids is 1. The Balaban J connectivity index is 1.55. The summed E-state index contributed by atoms with van der Waals surface area (Å²) < 4.78 is 0. The third kappa shape index (κ3) is 2.03. The highest BCUT2D eigenvalue weighted by Gasteiger charge is 2.19. The van der Waals surface area contributed by atoms with Crippen LogP contribution in [0.4, 0.5) is 5.13 Å². The van der Waals surface area contributed by atoms with Gasteiger partial charge in [-0.1, -0.05) is 6.07 Å². The standard InChI is InChI=1S/C15H15N3OS/c19-14(9-4-5-10-7-16-8-11(10)6-9)18-15-17-12-2-1-3-13(12)20-15/h4-6,16H,1-3,7-8H2,(H,17,18,19). The number of carbonyl (C=O) groups is 1. The smallest absolute Gasteiger partial charge is 0.257 e. The molecule has 2 aromatic rings. The molecule has 1 aromatic carbocycles. The molecule has 1 aliphatic heterocycles. The largest absolute Gasteiger partial charge is 0.309 e. The zero-order valence-corrected chi connectivity index (χ0v) is 11.8. The lowest BCUT2D eigenvalue weighted by Crippen LogP contribution is -2.12. The highest BCUT2D eigenvalue weighted by molar-refractivity contribution is 7.15. The van der Waals surface area contributed by atoms with Crippen molar-refractivity contribution in [3.05, 3.63) is 45.5 Å². The minimum atomic E-state index is -0.0628. The van der Waals surface area contributed by atoms with Crippen molar-refractivity contribution in [2.75, 3.05) is 5.32 Å². The van der Waals surface area contributed by atoms with Crippen LogP contribution in [0.3, 0.4) is 0 Å². The van der Waals surface area contributed by atoms with Crippen LogP contribution in [0.15, 0.2) is 18.2 Å². The average Bonchev–Trinajstić information content (AvgIpc) is 3.11. The Labute approximate surface area is 121 Å². The molecule has 0 unspecified atom stereocenters. The van der Waals surface area contributed by atoms with Crippen molar-refractivity contribution in [3.63, 3.8) is 0 Å². The molecule has 20 heavy (non-hydrogen) atoms. The van der Waals surface area contributed by atoms with E-state index in [0.29, 0.717) is 5.56 Å². The van der Waals surface area contributed by atoms with Gasteiger partial charge in [0.1, 0.15) is 0 Å². The molecule has 1 aliphatic carbocycles. The predicted molar refractivity (Wildman–Crippen MR) is 79.1 cm³/mol. The third-order valence-corrected chi connectivity index (χ3v) is 4.99. The average molecular weight is 285 g/mol. The van der Waals surface area contributed by atoms with Crippen molar-refractivity contribution < 1.29 is 4.79 Å². The number of thiazole rings is 1. The zero-order valence-electron chi connectivity index (χ0n) is 11.0. The maximum Gasteiger partial charge on any atom is 0.257 e. The highest BCUT2D eigenvalue weighted by Crippen LogP contribution is 2.30. The first kappa shape index (κ1) is 12.1. The van der Waals surface area contributed by atoms with E-state index < -0.39 is 0 Å². The number of amides is 1. The first-order chi connectivity index (χ1) is 9.79. The topological polar surface area (TPSA) is 54.0 Å². The molecule has 1 aromatic heterocycles. The highest BCUT2D eigenvalue weighted by atomic mass is 32.1.